The van der Waals surface area contributed by atoms with E-state index in [0.717, 1.165) is 22.5 Å². The number of carbonyl (C=O) groups excluding carboxylic acids is 1. The zero-order valence-electron chi connectivity index (χ0n) is 14.7. The van der Waals surface area contributed by atoms with E-state index in [0.29, 0.717) is 15.9 Å². The van der Waals surface area contributed by atoms with E-state index in [2.05, 4.69) is 20.5 Å². The third-order valence-electron chi connectivity index (χ3n) is 3.80. The van der Waals surface area contributed by atoms with Gasteiger partial charge in [0.05, 0.1) is 16.5 Å². The summed E-state index contributed by atoms with van der Waals surface area (Å²) in [5.74, 6) is 0.802. The van der Waals surface area contributed by atoms with Crippen molar-refractivity contribution in [2.75, 3.05) is 11.1 Å². The number of nitrogens with one attached hydrogen (secondary N) is 1. The zero-order chi connectivity index (χ0) is 18.7. The Morgan fingerprint density at radius 1 is 1.23 bits per heavy atom. The van der Waals surface area contributed by atoms with E-state index in [4.69, 9.17) is 11.6 Å². The summed E-state index contributed by atoms with van der Waals surface area (Å²) in [7, 11) is 1.87. The topological polar surface area (TPSA) is 72.7 Å². The maximum atomic E-state index is 12.3. The van der Waals surface area contributed by atoms with Crippen LogP contribution in [0.4, 0.5) is 5.69 Å². The van der Waals surface area contributed by atoms with Gasteiger partial charge < -0.3 is 9.88 Å². The molecule has 0 atom stereocenters. The van der Waals surface area contributed by atoms with Crippen LogP contribution in [0.2, 0.25) is 5.02 Å². The molecule has 6 nitrogen and oxygen atoms in total. The summed E-state index contributed by atoms with van der Waals surface area (Å²) in [4.78, 5) is 16.3. The Labute approximate surface area is 161 Å². The Kier molecular flexibility index (Phi) is 5.58. The summed E-state index contributed by atoms with van der Waals surface area (Å²) >= 11 is 7.56. The Bertz CT molecular complexity index is 919. The van der Waals surface area contributed by atoms with E-state index in [1.807, 2.05) is 49.7 Å². The molecule has 26 heavy (non-hydrogen) atoms. The first-order valence-corrected chi connectivity index (χ1v) is 9.31. The number of thioether (sulfide) groups is 1. The third-order valence-corrected chi connectivity index (χ3v) is 5.12. The van der Waals surface area contributed by atoms with Crippen molar-refractivity contribution in [1.82, 2.24) is 19.7 Å². The number of carbonyl (C=O) groups is 1. The number of hydrogen-bond acceptors (Lipinski definition) is 5. The number of halogens is 1. The predicted molar refractivity (Wildman–Crippen MR) is 105 cm³/mol. The van der Waals surface area contributed by atoms with Gasteiger partial charge in [-0.1, -0.05) is 29.4 Å². The van der Waals surface area contributed by atoms with Crippen molar-refractivity contribution < 1.29 is 4.79 Å². The van der Waals surface area contributed by atoms with Crippen LogP contribution in [-0.2, 0) is 11.8 Å². The maximum Gasteiger partial charge on any atom is 0.234 e. The lowest BCUT2D eigenvalue weighted by Gasteiger charge is -2.11. The molecule has 1 N–H and O–H groups in total. The number of amides is 1. The summed E-state index contributed by atoms with van der Waals surface area (Å²) in [6.07, 6.45) is 3.41. The second-order valence-corrected chi connectivity index (χ2v) is 7.23. The highest BCUT2D eigenvalue weighted by Crippen LogP contribution is 2.28. The van der Waals surface area contributed by atoms with Gasteiger partial charge in [0.25, 0.3) is 0 Å². The molecule has 1 aromatic carbocycles. The minimum atomic E-state index is -0.141. The van der Waals surface area contributed by atoms with E-state index < -0.39 is 0 Å². The molecule has 0 unspecified atom stereocenters. The first-order chi connectivity index (χ1) is 12.5. The number of anilines is 1. The molecule has 0 fully saturated rings. The quantitative estimate of drug-likeness (QED) is 0.672. The van der Waals surface area contributed by atoms with Crippen molar-refractivity contribution >= 4 is 35.0 Å². The van der Waals surface area contributed by atoms with Gasteiger partial charge in [-0.2, -0.15) is 0 Å². The van der Waals surface area contributed by atoms with Gasteiger partial charge in [-0.05, 0) is 43.2 Å². The molecule has 3 rings (SSSR count). The molecule has 0 saturated heterocycles. The number of nitrogens with zero attached hydrogens (tertiary/aromatic N) is 4. The van der Waals surface area contributed by atoms with Crippen LogP contribution in [0.1, 0.15) is 11.1 Å². The number of rotatable bonds is 5. The van der Waals surface area contributed by atoms with Gasteiger partial charge in [-0.3, -0.25) is 9.78 Å². The number of aryl methyl sites for hydroxylation is 2. The maximum absolute atomic E-state index is 12.3. The normalized spacial score (nSPS) is 10.8. The minimum absolute atomic E-state index is 0.141. The number of hydrogen-bond donors (Lipinski definition) is 1. The molecular weight excluding hydrogens is 370 g/mol. The van der Waals surface area contributed by atoms with Crippen molar-refractivity contribution in [2.24, 2.45) is 7.05 Å². The third kappa shape index (κ3) is 4.05. The standard InChI is InChI=1S/C18H18ClN5OS/c1-11-8-12(2)16(14(19)9-11)21-15(25)10-26-18-23-22-17(24(18)3)13-4-6-20-7-5-13/h4-9H,10H2,1-3H3,(H,21,25). The lowest BCUT2D eigenvalue weighted by Crippen LogP contribution is -2.15. The van der Waals surface area contributed by atoms with Crippen molar-refractivity contribution in [1.29, 1.82) is 0 Å². The zero-order valence-corrected chi connectivity index (χ0v) is 16.2. The number of aromatic nitrogens is 4. The Morgan fingerprint density at radius 3 is 2.65 bits per heavy atom. The van der Waals surface area contributed by atoms with Gasteiger partial charge in [0, 0.05) is 25.0 Å². The summed E-state index contributed by atoms with van der Waals surface area (Å²) in [6.45, 7) is 3.89. The van der Waals surface area contributed by atoms with Crippen LogP contribution in [0.15, 0.2) is 41.8 Å². The van der Waals surface area contributed by atoms with Gasteiger partial charge in [0.15, 0.2) is 11.0 Å². The average molecular weight is 388 g/mol. The molecule has 8 heteroatoms. The molecule has 0 spiro atoms. The van der Waals surface area contributed by atoms with Crippen molar-refractivity contribution in [3.63, 3.8) is 0 Å². The summed E-state index contributed by atoms with van der Waals surface area (Å²) in [6, 6.07) is 7.56. The van der Waals surface area contributed by atoms with E-state index in [9.17, 15) is 4.79 Å². The highest BCUT2D eigenvalue weighted by molar-refractivity contribution is 7.99. The highest BCUT2D eigenvalue weighted by atomic mass is 35.5. The van der Waals surface area contributed by atoms with Crippen LogP contribution in [0.25, 0.3) is 11.4 Å². The minimum Gasteiger partial charge on any atom is -0.324 e. The molecule has 0 radical (unpaired) electrons. The van der Waals surface area contributed by atoms with Crippen molar-refractivity contribution in [3.05, 3.63) is 52.8 Å². The molecule has 0 saturated carbocycles. The lowest BCUT2D eigenvalue weighted by atomic mass is 10.1. The molecule has 134 valence electrons. The van der Waals surface area contributed by atoms with E-state index >= 15 is 0 Å². The fourth-order valence-corrected chi connectivity index (χ4v) is 3.65. The monoisotopic (exact) mass is 387 g/mol. The average Bonchev–Trinajstić information content (AvgIpc) is 2.98. The SMILES string of the molecule is Cc1cc(C)c(NC(=O)CSc2nnc(-c3ccncc3)n2C)c(Cl)c1. The first-order valence-electron chi connectivity index (χ1n) is 7.95. The van der Waals surface area contributed by atoms with Crippen molar-refractivity contribution in [3.8, 4) is 11.4 Å². The predicted octanol–water partition coefficient (Wildman–Crippen LogP) is 3.88. The molecular formula is C18H18ClN5OS. The Hall–Kier alpha value is -2.38. The van der Waals surface area contributed by atoms with Gasteiger partial charge in [0.1, 0.15) is 0 Å². The van der Waals surface area contributed by atoms with E-state index in [-0.39, 0.29) is 11.7 Å². The molecule has 2 heterocycles. The van der Waals surface area contributed by atoms with Gasteiger partial charge in [-0.25, -0.2) is 0 Å². The van der Waals surface area contributed by atoms with Gasteiger partial charge >= 0.3 is 0 Å². The smallest absolute Gasteiger partial charge is 0.234 e. The van der Waals surface area contributed by atoms with Crippen LogP contribution >= 0.6 is 23.4 Å². The number of pyridine rings is 1. The Balaban J connectivity index is 1.67. The highest BCUT2D eigenvalue weighted by Gasteiger charge is 2.14. The summed E-state index contributed by atoms with van der Waals surface area (Å²) < 4.78 is 1.86. The van der Waals surface area contributed by atoms with Crippen molar-refractivity contribution in [2.45, 2.75) is 19.0 Å². The largest absolute Gasteiger partial charge is 0.324 e. The molecule has 0 aliphatic heterocycles. The molecule has 3 aromatic rings. The lowest BCUT2D eigenvalue weighted by molar-refractivity contribution is -0.113. The summed E-state index contributed by atoms with van der Waals surface area (Å²) in [5.41, 5.74) is 3.57. The molecule has 0 aliphatic rings. The number of benzene rings is 1. The van der Waals surface area contributed by atoms with E-state index in [1.54, 1.807) is 12.4 Å². The van der Waals surface area contributed by atoms with Crippen LogP contribution < -0.4 is 5.32 Å². The fraction of sp³-hybridized carbons (Fsp3) is 0.222. The summed E-state index contributed by atoms with van der Waals surface area (Å²) in [5, 5.41) is 12.4. The van der Waals surface area contributed by atoms with Crippen LogP contribution in [0, 0.1) is 13.8 Å². The molecule has 0 bridgehead atoms. The van der Waals surface area contributed by atoms with E-state index in [1.165, 1.54) is 11.8 Å². The van der Waals surface area contributed by atoms with Crippen LogP contribution in [0.5, 0.6) is 0 Å². The Morgan fingerprint density at radius 2 is 1.96 bits per heavy atom. The first kappa shape index (κ1) is 18.4. The molecule has 0 aliphatic carbocycles. The second kappa shape index (κ2) is 7.88. The van der Waals surface area contributed by atoms with Gasteiger partial charge in [-0.15, -0.1) is 10.2 Å². The molecule has 2 aromatic heterocycles. The second-order valence-electron chi connectivity index (χ2n) is 5.88. The van der Waals surface area contributed by atoms with Crippen LogP contribution in [-0.4, -0.2) is 31.4 Å². The van der Waals surface area contributed by atoms with Gasteiger partial charge in [0.2, 0.25) is 5.91 Å². The fourth-order valence-electron chi connectivity index (χ4n) is 2.57. The molecule has 1 amide bonds. The van der Waals surface area contributed by atoms with Crippen LogP contribution in [0.3, 0.4) is 0 Å².